The van der Waals surface area contributed by atoms with Crippen molar-refractivity contribution in [3.05, 3.63) is 23.9 Å². The van der Waals surface area contributed by atoms with Gasteiger partial charge in [-0.1, -0.05) is 0 Å². The molecule has 1 aliphatic rings. The zero-order valence-corrected chi connectivity index (χ0v) is 18.1. The molecule has 0 saturated carbocycles. The third-order valence-corrected chi connectivity index (χ3v) is 4.87. The van der Waals surface area contributed by atoms with Gasteiger partial charge in [0.1, 0.15) is 0 Å². The van der Waals surface area contributed by atoms with Crippen molar-refractivity contribution < 1.29 is 17.9 Å². The van der Waals surface area contributed by atoms with Gasteiger partial charge in [-0.05, 0) is 25.5 Å². The molecule has 1 saturated heterocycles. The van der Waals surface area contributed by atoms with Gasteiger partial charge in [-0.25, -0.2) is 4.98 Å². The smallest absolute Gasteiger partial charge is 0.422 e. The average Bonchev–Trinajstić information content (AvgIpc) is 2.52. The highest BCUT2D eigenvalue weighted by Gasteiger charge is 2.29. The number of nitrogens with one attached hydrogen (secondary N) is 1. The van der Waals surface area contributed by atoms with Crippen molar-refractivity contribution in [2.75, 3.05) is 32.5 Å². The van der Waals surface area contributed by atoms with Crippen LogP contribution in [0.15, 0.2) is 23.3 Å². The summed E-state index contributed by atoms with van der Waals surface area (Å²) in [6, 6.07) is 3.23. The highest BCUT2D eigenvalue weighted by atomic mass is 127. The molecule has 2 heterocycles. The predicted octanol–water partition coefficient (Wildman–Crippen LogP) is 3.54. The molecule has 1 aromatic rings. The number of alkyl halides is 3. The van der Waals surface area contributed by atoms with Gasteiger partial charge >= 0.3 is 6.18 Å². The second kappa shape index (κ2) is 9.86. The normalized spacial score (nSPS) is 17.5. The van der Waals surface area contributed by atoms with Crippen molar-refractivity contribution >= 4 is 41.7 Å². The van der Waals surface area contributed by atoms with Crippen LogP contribution in [0.2, 0.25) is 0 Å². The first-order valence-electron chi connectivity index (χ1n) is 7.92. The molecule has 5 nitrogen and oxygen atoms in total. The van der Waals surface area contributed by atoms with Gasteiger partial charge < -0.3 is 15.0 Å². The minimum absolute atomic E-state index is 0. The summed E-state index contributed by atoms with van der Waals surface area (Å²) in [4.78, 5) is 10.3. The maximum Gasteiger partial charge on any atom is 0.422 e. The number of guanidine groups is 1. The number of rotatable bonds is 4. The minimum atomic E-state index is -4.38. The molecular weight excluding hydrogens is 480 g/mol. The van der Waals surface area contributed by atoms with Crippen molar-refractivity contribution in [1.82, 2.24) is 15.2 Å². The number of hydrogen-bond donors (Lipinski definition) is 1. The largest absolute Gasteiger partial charge is 0.468 e. The summed E-state index contributed by atoms with van der Waals surface area (Å²) in [6.45, 7) is 5.27. The van der Waals surface area contributed by atoms with E-state index in [1.807, 2.05) is 11.8 Å². The quantitative estimate of drug-likeness (QED) is 0.387. The van der Waals surface area contributed by atoms with Crippen molar-refractivity contribution in [3.8, 4) is 5.88 Å². The molecule has 1 aromatic heterocycles. The first kappa shape index (κ1) is 23.1. The van der Waals surface area contributed by atoms with Crippen LogP contribution in [0.25, 0.3) is 0 Å². The second-order valence-corrected chi connectivity index (χ2v) is 8.14. The van der Waals surface area contributed by atoms with E-state index in [2.05, 4.69) is 38.8 Å². The van der Waals surface area contributed by atoms with Crippen LogP contribution in [0.1, 0.15) is 19.4 Å². The van der Waals surface area contributed by atoms with E-state index < -0.39 is 12.8 Å². The molecule has 26 heavy (non-hydrogen) atoms. The van der Waals surface area contributed by atoms with Crippen LogP contribution >= 0.6 is 35.7 Å². The third kappa shape index (κ3) is 7.77. The first-order chi connectivity index (χ1) is 11.7. The Hall–Kier alpha value is -0.910. The average molecular weight is 504 g/mol. The molecule has 1 aliphatic heterocycles. The number of aromatic nitrogens is 1. The molecule has 0 atom stereocenters. The van der Waals surface area contributed by atoms with Gasteiger partial charge in [-0.2, -0.15) is 24.9 Å². The molecule has 148 valence electrons. The fourth-order valence-electron chi connectivity index (χ4n) is 2.51. The Balaban J connectivity index is 0.00000338. The van der Waals surface area contributed by atoms with Crippen LogP contribution in [-0.4, -0.2) is 59.3 Å². The lowest BCUT2D eigenvalue weighted by atomic mass is 10.2. The Labute approximate surface area is 173 Å². The standard InChI is InChI=1S/C16H23F3N4OS.HI/c1-15(2)10-23(6-7-25-15)14(20-3)22-9-12-4-5-21-13(8-12)24-11-16(17,18)19;/h4-5,8H,6-7,9-11H2,1-3H3,(H,20,22);1H. The van der Waals surface area contributed by atoms with E-state index in [1.54, 1.807) is 13.1 Å². The van der Waals surface area contributed by atoms with E-state index in [-0.39, 0.29) is 34.6 Å². The van der Waals surface area contributed by atoms with Crippen LogP contribution in [-0.2, 0) is 6.54 Å². The summed E-state index contributed by atoms with van der Waals surface area (Å²) in [5.74, 6) is 1.77. The van der Waals surface area contributed by atoms with Gasteiger partial charge in [0.05, 0.1) is 0 Å². The van der Waals surface area contributed by atoms with Crippen LogP contribution in [0.3, 0.4) is 0 Å². The van der Waals surface area contributed by atoms with Gasteiger partial charge in [0.25, 0.3) is 0 Å². The zero-order valence-electron chi connectivity index (χ0n) is 15.0. The fraction of sp³-hybridized carbons (Fsp3) is 0.625. The number of hydrogen-bond acceptors (Lipinski definition) is 4. The Kier molecular flexibility index (Phi) is 8.77. The lowest BCUT2D eigenvalue weighted by molar-refractivity contribution is -0.154. The Morgan fingerprint density at radius 3 is 2.81 bits per heavy atom. The Bertz CT molecular complexity index is 613. The van der Waals surface area contributed by atoms with Crippen molar-refractivity contribution in [2.45, 2.75) is 31.3 Å². The molecule has 0 amide bonds. The van der Waals surface area contributed by atoms with Gasteiger partial charge in [-0.15, -0.1) is 24.0 Å². The number of aliphatic imine (C=N–C) groups is 1. The van der Waals surface area contributed by atoms with Crippen molar-refractivity contribution in [2.24, 2.45) is 4.99 Å². The number of ether oxygens (including phenoxy) is 1. The maximum atomic E-state index is 12.2. The molecular formula is C16H24F3IN4OS. The number of pyridine rings is 1. The summed E-state index contributed by atoms with van der Waals surface area (Å²) in [5, 5.41) is 3.25. The lowest BCUT2D eigenvalue weighted by Gasteiger charge is -2.39. The number of halogens is 4. The minimum Gasteiger partial charge on any atom is -0.468 e. The zero-order chi connectivity index (χ0) is 18.5. The second-order valence-electron chi connectivity index (χ2n) is 6.34. The van der Waals surface area contributed by atoms with Crippen LogP contribution < -0.4 is 10.1 Å². The van der Waals surface area contributed by atoms with Crippen LogP contribution in [0.5, 0.6) is 5.88 Å². The highest BCUT2D eigenvalue weighted by Crippen LogP contribution is 2.29. The molecule has 0 spiro atoms. The first-order valence-corrected chi connectivity index (χ1v) is 8.91. The van der Waals surface area contributed by atoms with Crippen molar-refractivity contribution in [3.63, 3.8) is 0 Å². The molecule has 0 aliphatic carbocycles. The SMILES string of the molecule is CN=C(NCc1ccnc(OCC(F)(F)F)c1)N1CCSC(C)(C)C1.I. The Morgan fingerprint density at radius 2 is 2.19 bits per heavy atom. The van der Waals surface area contributed by atoms with E-state index in [0.717, 1.165) is 30.4 Å². The molecule has 1 fully saturated rings. The molecule has 0 radical (unpaired) electrons. The van der Waals surface area contributed by atoms with Crippen LogP contribution in [0.4, 0.5) is 13.2 Å². The fourth-order valence-corrected chi connectivity index (χ4v) is 3.62. The van der Waals surface area contributed by atoms with Gasteiger partial charge in [0, 0.05) is 49.4 Å². The van der Waals surface area contributed by atoms with E-state index >= 15 is 0 Å². The summed E-state index contributed by atoms with van der Waals surface area (Å²) in [7, 11) is 1.72. The molecule has 0 unspecified atom stereocenters. The summed E-state index contributed by atoms with van der Waals surface area (Å²) >= 11 is 1.93. The summed E-state index contributed by atoms with van der Waals surface area (Å²) in [6.07, 6.45) is -2.94. The van der Waals surface area contributed by atoms with E-state index in [1.165, 1.54) is 12.3 Å². The monoisotopic (exact) mass is 504 g/mol. The van der Waals surface area contributed by atoms with Gasteiger partial charge in [-0.3, -0.25) is 4.99 Å². The van der Waals surface area contributed by atoms with Crippen LogP contribution in [0, 0.1) is 0 Å². The number of nitrogens with zero attached hydrogens (tertiary/aromatic N) is 3. The van der Waals surface area contributed by atoms with E-state index in [4.69, 9.17) is 0 Å². The summed E-state index contributed by atoms with van der Waals surface area (Å²) in [5.41, 5.74) is 0.777. The van der Waals surface area contributed by atoms with E-state index in [0.29, 0.717) is 6.54 Å². The highest BCUT2D eigenvalue weighted by molar-refractivity contribution is 14.0. The van der Waals surface area contributed by atoms with E-state index in [9.17, 15) is 13.2 Å². The van der Waals surface area contributed by atoms with Gasteiger partial charge in [0.15, 0.2) is 12.6 Å². The topological polar surface area (TPSA) is 49.8 Å². The van der Waals surface area contributed by atoms with Gasteiger partial charge in [0.2, 0.25) is 5.88 Å². The Morgan fingerprint density at radius 1 is 1.46 bits per heavy atom. The lowest BCUT2D eigenvalue weighted by Crippen LogP contribution is -2.50. The molecule has 1 N–H and O–H groups in total. The third-order valence-electron chi connectivity index (χ3n) is 3.57. The molecule has 0 aromatic carbocycles. The molecule has 2 rings (SSSR count). The molecule has 10 heteroatoms. The number of thioether (sulfide) groups is 1. The van der Waals surface area contributed by atoms with Crippen molar-refractivity contribution in [1.29, 1.82) is 0 Å². The molecule has 0 bridgehead atoms. The maximum absolute atomic E-state index is 12.2. The summed E-state index contributed by atoms with van der Waals surface area (Å²) < 4.78 is 41.5. The predicted molar refractivity (Wildman–Crippen MR) is 110 cm³/mol.